The first kappa shape index (κ1) is 20.6. The Morgan fingerprint density at radius 2 is 1.52 bits per heavy atom. The Morgan fingerprint density at radius 3 is 2.26 bits per heavy atom. The van der Waals surface area contributed by atoms with Gasteiger partial charge in [0, 0.05) is 25.9 Å². The van der Waals surface area contributed by atoms with Gasteiger partial charge >= 0.3 is 0 Å². The lowest BCUT2D eigenvalue weighted by atomic mass is 10.2. The molecule has 0 aliphatic carbocycles. The molecule has 5 aromatic rings. The highest BCUT2D eigenvalue weighted by molar-refractivity contribution is 7.98. The minimum absolute atomic E-state index is 0.0484. The van der Waals surface area contributed by atoms with E-state index in [4.69, 9.17) is 28.2 Å². The number of thioether (sulfide) groups is 1. The summed E-state index contributed by atoms with van der Waals surface area (Å²) in [6.07, 6.45) is 0. The lowest BCUT2D eigenvalue weighted by Crippen LogP contribution is -2.23. The van der Waals surface area contributed by atoms with Crippen LogP contribution in [0.25, 0.3) is 20.3 Å². The van der Waals surface area contributed by atoms with Crippen LogP contribution < -0.4 is 5.56 Å². The van der Waals surface area contributed by atoms with Crippen molar-refractivity contribution in [2.45, 2.75) is 17.5 Å². The van der Waals surface area contributed by atoms with Gasteiger partial charge in [-0.3, -0.25) is 9.36 Å². The molecule has 0 fully saturated rings. The van der Waals surface area contributed by atoms with Crippen LogP contribution >= 0.6 is 46.3 Å². The Balaban J connectivity index is 1.66. The first-order chi connectivity index (χ1) is 15.1. The van der Waals surface area contributed by atoms with E-state index < -0.39 is 0 Å². The maximum absolute atomic E-state index is 13.6. The van der Waals surface area contributed by atoms with Crippen molar-refractivity contribution >= 4 is 66.6 Å². The second-order valence-electron chi connectivity index (χ2n) is 7.03. The second kappa shape index (κ2) is 8.67. The topological polar surface area (TPSA) is 34.9 Å². The number of thiophene rings is 1. The number of aromatic nitrogens is 2. The fourth-order valence-corrected chi connectivity index (χ4v) is 6.02. The molecule has 0 saturated heterocycles. The first-order valence-electron chi connectivity index (χ1n) is 9.63. The zero-order chi connectivity index (χ0) is 21.4. The van der Waals surface area contributed by atoms with Crippen molar-refractivity contribution in [3.63, 3.8) is 0 Å². The summed E-state index contributed by atoms with van der Waals surface area (Å²) in [5.74, 6) is 0.613. The van der Waals surface area contributed by atoms with E-state index in [1.54, 1.807) is 4.57 Å². The number of halogens is 2. The Hall–Kier alpha value is -2.31. The van der Waals surface area contributed by atoms with Crippen molar-refractivity contribution in [3.05, 3.63) is 104 Å². The standard InChI is InChI=1S/C24H16Cl2N2OS2/c25-18-10-4-1-7-15(18)13-28-23(29)22-21(17-9-3-6-12-20(17)31-22)27-24(28)30-14-16-8-2-5-11-19(16)26/h1-12H,13-14H2. The molecule has 0 atom stereocenters. The normalized spacial score (nSPS) is 11.4. The molecule has 2 aromatic heterocycles. The smallest absolute Gasteiger partial charge is 0.272 e. The van der Waals surface area contributed by atoms with Crippen molar-refractivity contribution in [1.82, 2.24) is 9.55 Å². The van der Waals surface area contributed by atoms with Crippen LogP contribution in [0.2, 0.25) is 10.0 Å². The molecule has 0 aliphatic rings. The number of fused-ring (bicyclic) bond motifs is 3. The van der Waals surface area contributed by atoms with E-state index in [2.05, 4.69) is 0 Å². The maximum Gasteiger partial charge on any atom is 0.272 e. The van der Waals surface area contributed by atoms with Crippen LogP contribution in [-0.2, 0) is 12.3 Å². The molecule has 0 amide bonds. The molecule has 154 valence electrons. The third kappa shape index (κ3) is 3.99. The Kier molecular flexibility index (Phi) is 5.76. The summed E-state index contributed by atoms with van der Waals surface area (Å²) in [5.41, 5.74) is 2.59. The molecule has 0 saturated carbocycles. The number of rotatable bonds is 5. The van der Waals surface area contributed by atoms with Gasteiger partial charge in [-0.05, 0) is 29.3 Å². The molecule has 0 N–H and O–H groups in total. The fraction of sp³-hybridized carbons (Fsp3) is 0.0833. The minimum Gasteiger partial charge on any atom is -0.282 e. The minimum atomic E-state index is -0.0484. The SMILES string of the molecule is O=c1c2sc3ccccc3c2nc(SCc2ccccc2Cl)n1Cc1ccccc1Cl. The van der Waals surface area contributed by atoms with E-state index in [1.807, 2.05) is 72.8 Å². The second-order valence-corrected chi connectivity index (χ2v) is 9.84. The molecule has 0 bridgehead atoms. The highest BCUT2D eigenvalue weighted by Crippen LogP contribution is 2.33. The first-order valence-corrected chi connectivity index (χ1v) is 12.2. The Morgan fingerprint density at radius 1 is 0.871 bits per heavy atom. The van der Waals surface area contributed by atoms with Crippen LogP contribution in [0, 0.1) is 0 Å². The Labute approximate surface area is 197 Å². The van der Waals surface area contributed by atoms with Crippen LogP contribution in [0.5, 0.6) is 0 Å². The molecule has 7 heteroatoms. The molecular weight excluding hydrogens is 467 g/mol. The molecule has 0 radical (unpaired) electrons. The maximum atomic E-state index is 13.6. The lowest BCUT2D eigenvalue weighted by Gasteiger charge is -2.13. The van der Waals surface area contributed by atoms with Gasteiger partial charge in [-0.2, -0.15) is 0 Å². The van der Waals surface area contributed by atoms with Crippen molar-refractivity contribution in [1.29, 1.82) is 0 Å². The molecule has 3 nitrogen and oxygen atoms in total. The predicted octanol–water partition coefficient (Wildman–Crippen LogP) is 7.26. The average molecular weight is 483 g/mol. The molecule has 0 unspecified atom stereocenters. The molecule has 5 rings (SSSR count). The van der Waals surface area contributed by atoms with Gasteiger partial charge in [0.2, 0.25) is 0 Å². The van der Waals surface area contributed by atoms with E-state index in [1.165, 1.54) is 23.1 Å². The monoisotopic (exact) mass is 482 g/mol. The molecule has 2 heterocycles. The summed E-state index contributed by atoms with van der Waals surface area (Å²) in [5, 5.41) is 3.00. The summed E-state index contributed by atoms with van der Waals surface area (Å²) in [7, 11) is 0. The van der Waals surface area contributed by atoms with Crippen molar-refractivity contribution in [2.75, 3.05) is 0 Å². The van der Waals surface area contributed by atoms with Gasteiger partial charge in [-0.1, -0.05) is 89.6 Å². The van der Waals surface area contributed by atoms with E-state index in [0.29, 0.717) is 32.2 Å². The van der Waals surface area contributed by atoms with E-state index in [0.717, 1.165) is 26.7 Å². The van der Waals surface area contributed by atoms with Gasteiger partial charge in [-0.25, -0.2) is 4.98 Å². The van der Waals surface area contributed by atoms with Crippen LogP contribution in [0.15, 0.2) is 82.7 Å². The highest BCUT2D eigenvalue weighted by Gasteiger charge is 2.17. The van der Waals surface area contributed by atoms with Crippen LogP contribution in [0.3, 0.4) is 0 Å². The predicted molar refractivity (Wildman–Crippen MR) is 133 cm³/mol. The van der Waals surface area contributed by atoms with Gasteiger partial charge in [-0.15, -0.1) is 11.3 Å². The van der Waals surface area contributed by atoms with Gasteiger partial charge in [0.1, 0.15) is 4.70 Å². The van der Waals surface area contributed by atoms with Gasteiger partial charge in [0.25, 0.3) is 5.56 Å². The average Bonchev–Trinajstić information content (AvgIpc) is 3.16. The van der Waals surface area contributed by atoms with Crippen LogP contribution in [0.4, 0.5) is 0 Å². The number of benzene rings is 3. The van der Waals surface area contributed by atoms with E-state index in [-0.39, 0.29) is 5.56 Å². The molecule has 3 aromatic carbocycles. The molecule has 0 aliphatic heterocycles. The van der Waals surface area contributed by atoms with Crippen LogP contribution in [0.1, 0.15) is 11.1 Å². The number of hydrogen-bond donors (Lipinski definition) is 0. The van der Waals surface area contributed by atoms with Crippen molar-refractivity contribution in [3.8, 4) is 0 Å². The van der Waals surface area contributed by atoms with Crippen LogP contribution in [-0.4, -0.2) is 9.55 Å². The van der Waals surface area contributed by atoms with Gasteiger partial charge in [0.15, 0.2) is 5.16 Å². The molecule has 0 spiro atoms. The summed E-state index contributed by atoms with van der Waals surface area (Å²) < 4.78 is 3.44. The number of nitrogens with zero attached hydrogens (tertiary/aromatic N) is 2. The summed E-state index contributed by atoms with van der Waals surface area (Å²) in [4.78, 5) is 18.5. The van der Waals surface area contributed by atoms with Gasteiger partial charge < -0.3 is 0 Å². The third-order valence-electron chi connectivity index (χ3n) is 5.05. The molecular formula is C24H16Cl2N2OS2. The summed E-state index contributed by atoms with van der Waals surface area (Å²) in [6, 6.07) is 23.3. The number of hydrogen-bond acceptors (Lipinski definition) is 4. The van der Waals surface area contributed by atoms with E-state index >= 15 is 0 Å². The van der Waals surface area contributed by atoms with Gasteiger partial charge in [0.05, 0.1) is 12.1 Å². The van der Waals surface area contributed by atoms with Crippen molar-refractivity contribution < 1.29 is 0 Å². The van der Waals surface area contributed by atoms with E-state index in [9.17, 15) is 4.79 Å². The summed E-state index contributed by atoms with van der Waals surface area (Å²) in [6.45, 7) is 0.362. The summed E-state index contributed by atoms with van der Waals surface area (Å²) >= 11 is 15.7. The largest absolute Gasteiger partial charge is 0.282 e. The molecule has 31 heavy (non-hydrogen) atoms. The third-order valence-corrected chi connectivity index (χ3v) is 7.96. The highest BCUT2D eigenvalue weighted by atomic mass is 35.5. The zero-order valence-corrected chi connectivity index (χ0v) is 19.4. The van der Waals surface area contributed by atoms with Crippen molar-refractivity contribution in [2.24, 2.45) is 0 Å². The Bertz CT molecular complexity index is 1480. The fourth-order valence-electron chi connectivity index (χ4n) is 3.46. The lowest BCUT2D eigenvalue weighted by molar-refractivity contribution is 0.660. The quantitative estimate of drug-likeness (QED) is 0.195. The zero-order valence-electron chi connectivity index (χ0n) is 16.2.